The normalized spacial score (nSPS) is 18.8. The lowest BCUT2D eigenvalue weighted by molar-refractivity contribution is -0.0704. The number of nitrogens with one attached hydrogen (secondary N) is 1. The molecule has 3 aliphatic rings. The van der Waals surface area contributed by atoms with E-state index in [1.807, 2.05) is 24.5 Å². The van der Waals surface area contributed by atoms with Crippen molar-refractivity contribution in [2.75, 3.05) is 13.1 Å². The number of aromatic nitrogens is 4. The smallest absolute Gasteiger partial charge is 0.349 e. The van der Waals surface area contributed by atoms with Crippen LogP contribution in [0.15, 0.2) is 46.0 Å². The van der Waals surface area contributed by atoms with E-state index < -0.39 is 11.2 Å². The molecule has 0 saturated carbocycles. The molecule has 0 spiro atoms. The van der Waals surface area contributed by atoms with Gasteiger partial charge < -0.3 is 9.30 Å². The zero-order chi connectivity index (χ0) is 25.4. The first-order valence-electron chi connectivity index (χ1n) is 12.6. The predicted molar refractivity (Wildman–Crippen MR) is 141 cm³/mol. The summed E-state index contributed by atoms with van der Waals surface area (Å²) in [4.78, 5) is 37.8. The van der Waals surface area contributed by atoms with Crippen molar-refractivity contribution >= 4 is 11.0 Å². The van der Waals surface area contributed by atoms with Gasteiger partial charge in [-0.25, -0.2) is 9.78 Å². The molecular formula is C28H33N5O3. The van der Waals surface area contributed by atoms with Crippen LogP contribution in [0, 0.1) is 13.8 Å². The van der Waals surface area contributed by atoms with Gasteiger partial charge in [-0.1, -0.05) is 24.3 Å². The Kier molecular flexibility index (Phi) is 6.73. The molecule has 0 aromatic heterocycles. The zero-order valence-corrected chi connectivity index (χ0v) is 21.4. The highest BCUT2D eigenvalue weighted by Gasteiger charge is 2.22. The monoisotopic (exact) mass is 487 g/mol. The van der Waals surface area contributed by atoms with Gasteiger partial charge in [-0.3, -0.25) is 14.7 Å². The molecule has 0 amide bonds. The molecule has 0 bridgehead atoms. The SMILES string of the molecule is Cc1cc2nc3c(=O)[nH]c(=O)nc-3n(CCCc3ccc(CN4C[C@@H](C)O[C@H](C)C4)cc3)c2cc1C. The summed E-state index contributed by atoms with van der Waals surface area (Å²) in [5.74, 6) is 0.337. The van der Waals surface area contributed by atoms with Crippen molar-refractivity contribution in [1.82, 2.24) is 24.4 Å². The Morgan fingerprint density at radius 2 is 1.64 bits per heavy atom. The molecule has 8 nitrogen and oxygen atoms in total. The number of ether oxygens (including phenoxy) is 1. The number of benzene rings is 2. The highest BCUT2D eigenvalue weighted by Crippen LogP contribution is 2.24. The first-order valence-corrected chi connectivity index (χ1v) is 12.6. The lowest BCUT2D eigenvalue weighted by Gasteiger charge is -2.35. The van der Waals surface area contributed by atoms with Crippen LogP contribution in [0.1, 0.15) is 42.5 Å². The third-order valence-corrected chi connectivity index (χ3v) is 7.00. The van der Waals surface area contributed by atoms with Crippen LogP contribution >= 0.6 is 0 Å². The van der Waals surface area contributed by atoms with Gasteiger partial charge in [0.2, 0.25) is 0 Å². The lowest BCUT2D eigenvalue weighted by Crippen LogP contribution is -2.44. The summed E-state index contributed by atoms with van der Waals surface area (Å²) >= 11 is 0. The molecule has 1 saturated heterocycles. The molecule has 3 heterocycles. The second-order valence-electron chi connectivity index (χ2n) is 10.1. The van der Waals surface area contributed by atoms with Gasteiger partial charge in [-0.05, 0) is 74.9 Å². The second-order valence-corrected chi connectivity index (χ2v) is 10.1. The number of aromatic amines is 1. The van der Waals surface area contributed by atoms with Crippen LogP contribution in [-0.2, 0) is 24.2 Å². The number of hydrogen-bond acceptors (Lipinski definition) is 6. The van der Waals surface area contributed by atoms with Crippen LogP contribution in [0.4, 0.5) is 0 Å². The summed E-state index contributed by atoms with van der Waals surface area (Å²) in [5.41, 5.74) is 5.45. The van der Waals surface area contributed by atoms with Gasteiger partial charge in [-0.15, -0.1) is 0 Å². The number of morpholine rings is 1. The summed E-state index contributed by atoms with van der Waals surface area (Å²) < 4.78 is 7.81. The minimum absolute atomic E-state index is 0.196. The maximum atomic E-state index is 12.5. The van der Waals surface area contributed by atoms with Crippen molar-refractivity contribution in [2.24, 2.45) is 0 Å². The Balaban J connectivity index is 1.34. The maximum absolute atomic E-state index is 12.5. The van der Waals surface area contributed by atoms with Crippen LogP contribution in [0.2, 0.25) is 0 Å². The summed E-state index contributed by atoms with van der Waals surface area (Å²) in [6.07, 6.45) is 2.25. The van der Waals surface area contributed by atoms with E-state index in [0.29, 0.717) is 12.4 Å². The lowest BCUT2D eigenvalue weighted by atomic mass is 10.1. The number of fused-ring (bicyclic) bond motifs is 2. The van der Waals surface area contributed by atoms with Gasteiger partial charge in [0, 0.05) is 26.2 Å². The number of H-pyrrole nitrogens is 1. The van der Waals surface area contributed by atoms with Gasteiger partial charge >= 0.3 is 5.69 Å². The Bertz CT molecular complexity index is 1460. The van der Waals surface area contributed by atoms with E-state index in [0.717, 1.165) is 54.6 Å². The minimum Gasteiger partial charge on any atom is -0.373 e. The highest BCUT2D eigenvalue weighted by molar-refractivity contribution is 5.81. The van der Waals surface area contributed by atoms with Crippen LogP contribution in [0.3, 0.4) is 0 Å². The van der Waals surface area contributed by atoms with Crippen molar-refractivity contribution in [3.63, 3.8) is 0 Å². The van der Waals surface area contributed by atoms with Crippen molar-refractivity contribution < 1.29 is 4.74 Å². The van der Waals surface area contributed by atoms with Crippen molar-refractivity contribution in [3.05, 3.63) is 79.5 Å². The molecule has 0 radical (unpaired) electrons. The van der Waals surface area contributed by atoms with Gasteiger partial charge in [0.15, 0.2) is 11.5 Å². The summed E-state index contributed by atoms with van der Waals surface area (Å²) in [6, 6.07) is 12.9. The van der Waals surface area contributed by atoms with Crippen LogP contribution < -0.4 is 11.2 Å². The van der Waals surface area contributed by atoms with Crippen LogP contribution in [0.5, 0.6) is 0 Å². The third kappa shape index (κ3) is 5.10. The van der Waals surface area contributed by atoms with Crippen molar-refractivity contribution in [2.45, 2.75) is 65.8 Å². The summed E-state index contributed by atoms with van der Waals surface area (Å²) in [6.45, 7) is 11.8. The Morgan fingerprint density at radius 1 is 0.972 bits per heavy atom. The molecule has 0 unspecified atom stereocenters. The number of rotatable bonds is 6. The van der Waals surface area contributed by atoms with E-state index in [1.54, 1.807) is 0 Å². The molecule has 1 fully saturated rings. The van der Waals surface area contributed by atoms with Crippen LogP contribution in [0.25, 0.3) is 22.6 Å². The fraction of sp³-hybridized carbons (Fsp3) is 0.429. The van der Waals surface area contributed by atoms with E-state index in [2.05, 4.69) is 64.0 Å². The van der Waals surface area contributed by atoms with Crippen molar-refractivity contribution in [1.29, 1.82) is 0 Å². The molecule has 36 heavy (non-hydrogen) atoms. The molecule has 188 valence electrons. The second kappa shape index (κ2) is 9.95. The average molecular weight is 488 g/mol. The Morgan fingerprint density at radius 3 is 2.36 bits per heavy atom. The first-order chi connectivity index (χ1) is 17.3. The van der Waals surface area contributed by atoms with E-state index in [4.69, 9.17) is 4.74 Å². The topological polar surface area (TPSA) is 93.1 Å². The van der Waals surface area contributed by atoms with E-state index in [9.17, 15) is 9.59 Å². The molecule has 1 N–H and O–H groups in total. The van der Waals surface area contributed by atoms with Gasteiger partial charge in [0.25, 0.3) is 5.56 Å². The van der Waals surface area contributed by atoms with E-state index >= 15 is 0 Å². The van der Waals surface area contributed by atoms with E-state index in [-0.39, 0.29) is 17.9 Å². The first kappa shape index (κ1) is 24.3. The standard InChI is InChI=1S/C28H33N5O3/c1-17-12-23-24(13-18(17)2)33(26-25(29-23)27(34)31-28(35)30-26)11-5-6-21-7-9-22(10-8-21)16-32-14-19(3)36-20(4)15-32/h7-10,12-13,19-20H,5-6,11,14-16H2,1-4H3,(H,31,34,35)/t19-,20-/m1/s1. The molecule has 2 atom stereocenters. The molecule has 2 aromatic carbocycles. The maximum Gasteiger partial charge on any atom is 0.349 e. The number of aryl methyl sites for hydroxylation is 4. The zero-order valence-electron chi connectivity index (χ0n) is 21.4. The highest BCUT2D eigenvalue weighted by atomic mass is 16.5. The van der Waals surface area contributed by atoms with Gasteiger partial charge in [0.1, 0.15) is 0 Å². The fourth-order valence-electron chi connectivity index (χ4n) is 5.20. The molecule has 5 rings (SSSR count). The number of hydrogen-bond donors (Lipinski definition) is 1. The van der Waals surface area contributed by atoms with Crippen molar-refractivity contribution in [3.8, 4) is 11.5 Å². The van der Waals surface area contributed by atoms with E-state index in [1.165, 1.54) is 11.1 Å². The third-order valence-electron chi connectivity index (χ3n) is 7.00. The average Bonchev–Trinajstić information content (AvgIpc) is 2.81. The summed E-state index contributed by atoms with van der Waals surface area (Å²) in [7, 11) is 0. The minimum atomic E-state index is -0.647. The Hall–Kier alpha value is -3.36. The molecule has 2 aromatic rings. The fourth-order valence-corrected chi connectivity index (χ4v) is 5.20. The quantitative estimate of drug-likeness (QED) is 0.419. The molecule has 3 aliphatic heterocycles. The largest absolute Gasteiger partial charge is 0.373 e. The van der Waals surface area contributed by atoms with Gasteiger partial charge in [0.05, 0.1) is 23.2 Å². The Labute approximate surface area is 210 Å². The number of nitrogens with zero attached hydrogens (tertiary/aromatic N) is 4. The summed E-state index contributed by atoms with van der Waals surface area (Å²) in [5, 5.41) is 0. The van der Waals surface area contributed by atoms with Gasteiger partial charge in [-0.2, -0.15) is 4.98 Å². The molecular weight excluding hydrogens is 454 g/mol. The molecule has 8 heteroatoms. The predicted octanol–water partition coefficient (Wildman–Crippen LogP) is 3.44. The molecule has 0 aliphatic carbocycles. The van der Waals surface area contributed by atoms with Crippen LogP contribution in [-0.4, -0.2) is 49.7 Å².